The van der Waals surface area contributed by atoms with Crippen molar-refractivity contribution in [3.63, 3.8) is 0 Å². The molecule has 1 aromatic carbocycles. The van der Waals surface area contributed by atoms with E-state index in [0.29, 0.717) is 18.4 Å². The Morgan fingerprint density at radius 3 is 2.74 bits per heavy atom. The fraction of sp³-hybridized carbons (Fsp3) is 0.333. The maximum Gasteiger partial charge on any atom is 0.338 e. The minimum Gasteiger partial charge on any atom is -0.462 e. The third-order valence-corrected chi connectivity index (χ3v) is 3.33. The highest BCUT2D eigenvalue weighted by molar-refractivity contribution is 7.89. The number of benzene rings is 1. The van der Waals surface area contributed by atoms with Gasteiger partial charge in [-0.15, -0.1) is 0 Å². The summed E-state index contributed by atoms with van der Waals surface area (Å²) in [7, 11) is -3.86. The van der Waals surface area contributed by atoms with E-state index in [9.17, 15) is 13.2 Å². The van der Waals surface area contributed by atoms with Crippen LogP contribution >= 0.6 is 0 Å². The van der Waals surface area contributed by atoms with E-state index in [4.69, 9.17) is 15.1 Å². The maximum atomic E-state index is 11.8. The van der Waals surface area contributed by atoms with Crippen molar-refractivity contribution in [2.24, 2.45) is 5.14 Å². The Labute approximate surface area is 111 Å². The molecule has 0 amide bonds. The molecule has 19 heavy (non-hydrogen) atoms. The van der Waals surface area contributed by atoms with E-state index in [1.165, 1.54) is 18.2 Å². The van der Waals surface area contributed by atoms with Crippen LogP contribution < -0.4 is 5.14 Å². The van der Waals surface area contributed by atoms with Crippen molar-refractivity contribution in [3.05, 3.63) is 29.3 Å². The number of ether oxygens (including phenoxy) is 1. The first-order valence-electron chi connectivity index (χ1n) is 5.54. The Balaban J connectivity index is 2.88. The average Bonchev–Trinajstić information content (AvgIpc) is 2.33. The molecule has 102 valence electrons. The first kappa shape index (κ1) is 15.1. The van der Waals surface area contributed by atoms with E-state index in [1.807, 2.05) is 6.07 Å². The topological polar surface area (TPSA) is 110 Å². The SMILES string of the molecule is Cc1ccc(S(N)(=O)=O)cc1C(=O)OCCCC#N. The lowest BCUT2D eigenvalue weighted by atomic mass is 10.1. The molecule has 0 fully saturated rings. The number of primary sulfonamides is 1. The monoisotopic (exact) mass is 282 g/mol. The lowest BCUT2D eigenvalue weighted by Crippen LogP contribution is -2.14. The molecule has 0 saturated carbocycles. The number of unbranched alkanes of at least 4 members (excludes halogenated alkanes) is 1. The zero-order chi connectivity index (χ0) is 14.5. The quantitative estimate of drug-likeness (QED) is 0.642. The van der Waals surface area contributed by atoms with Gasteiger partial charge < -0.3 is 4.74 Å². The number of sulfonamides is 1. The van der Waals surface area contributed by atoms with Gasteiger partial charge in [0.15, 0.2) is 0 Å². The summed E-state index contributed by atoms with van der Waals surface area (Å²) < 4.78 is 27.4. The van der Waals surface area contributed by atoms with Crippen LogP contribution in [-0.2, 0) is 14.8 Å². The van der Waals surface area contributed by atoms with Gasteiger partial charge in [0.05, 0.1) is 23.1 Å². The number of nitrogens with two attached hydrogens (primary N) is 1. The van der Waals surface area contributed by atoms with E-state index in [2.05, 4.69) is 0 Å². The van der Waals surface area contributed by atoms with Gasteiger partial charge in [-0.3, -0.25) is 0 Å². The minimum atomic E-state index is -3.86. The summed E-state index contributed by atoms with van der Waals surface area (Å²) in [6.07, 6.45) is 0.736. The molecular formula is C12H14N2O4S. The Morgan fingerprint density at radius 2 is 2.16 bits per heavy atom. The molecule has 1 rings (SSSR count). The molecule has 0 saturated heterocycles. The highest BCUT2D eigenvalue weighted by Crippen LogP contribution is 2.15. The predicted octanol–water partition coefficient (Wildman–Crippen LogP) is 1.10. The van der Waals surface area contributed by atoms with Crippen LogP contribution in [0.3, 0.4) is 0 Å². The molecule has 2 N–H and O–H groups in total. The molecule has 0 bridgehead atoms. The van der Waals surface area contributed by atoms with E-state index in [-0.39, 0.29) is 17.1 Å². The number of nitrogens with zero attached hydrogens (tertiary/aromatic N) is 1. The number of carbonyl (C=O) groups excluding carboxylic acids is 1. The van der Waals surface area contributed by atoms with Crippen LogP contribution in [0.2, 0.25) is 0 Å². The van der Waals surface area contributed by atoms with Crippen LogP contribution in [0.5, 0.6) is 0 Å². The van der Waals surface area contributed by atoms with Gasteiger partial charge in [-0.1, -0.05) is 6.07 Å². The van der Waals surface area contributed by atoms with Gasteiger partial charge in [-0.05, 0) is 31.0 Å². The fourth-order valence-corrected chi connectivity index (χ4v) is 1.93. The van der Waals surface area contributed by atoms with Crippen LogP contribution in [-0.4, -0.2) is 21.0 Å². The van der Waals surface area contributed by atoms with Crippen molar-refractivity contribution in [1.29, 1.82) is 5.26 Å². The van der Waals surface area contributed by atoms with E-state index < -0.39 is 16.0 Å². The van der Waals surface area contributed by atoms with Crippen molar-refractivity contribution >= 4 is 16.0 Å². The third kappa shape index (κ3) is 4.35. The van der Waals surface area contributed by atoms with E-state index >= 15 is 0 Å². The lowest BCUT2D eigenvalue weighted by Gasteiger charge is -2.08. The first-order chi connectivity index (χ1) is 8.86. The summed E-state index contributed by atoms with van der Waals surface area (Å²) >= 11 is 0. The number of carbonyl (C=O) groups is 1. The van der Waals surface area contributed by atoms with Crippen molar-refractivity contribution in [3.8, 4) is 6.07 Å². The molecule has 0 atom stereocenters. The molecule has 0 radical (unpaired) electrons. The van der Waals surface area contributed by atoms with Crippen LogP contribution in [0.25, 0.3) is 0 Å². The second-order valence-corrected chi connectivity index (χ2v) is 5.48. The highest BCUT2D eigenvalue weighted by Gasteiger charge is 2.15. The molecule has 0 unspecified atom stereocenters. The normalized spacial score (nSPS) is 10.8. The van der Waals surface area contributed by atoms with Gasteiger partial charge >= 0.3 is 5.97 Å². The van der Waals surface area contributed by atoms with Crippen molar-refractivity contribution in [2.45, 2.75) is 24.7 Å². The van der Waals surface area contributed by atoms with E-state index in [1.54, 1.807) is 6.92 Å². The Kier molecular flexibility index (Phi) is 5.03. The third-order valence-electron chi connectivity index (χ3n) is 2.42. The number of aryl methyl sites for hydroxylation is 1. The molecule has 7 heteroatoms. The second-order valence-electron chi connectivity index (χ2n) is 3.92. The van der Waals surface area contributed by atoms with Gasteiger partial charge in [0.1, 0.15) is 0 Å². The number of nitriles is 1. The summed E-state index contributed by atoms with van der Waals surface area (Å²) in [6, 6.07) is 5.95. The highest BCUT2D eigenvalue weighted by atomic mass is 32.2. The molecule has 0 heterocycles. The first-order valence-corrected chi connectivity index (χ1v) is 7.08. The fourth-order valence-electron chi connectivity index (χ4n) is 1.39. The Hall–Kier alpha value is -1.91. The lowest BCUT2D eigenvalue weighted by molar-refractivity contribution is 0.0500. The van der Waals surface area contributed by atoms with Crippen LogP contribution in [0.15, 0.2) is 23.1 Å². The molecule has 0 aliphatic heterocycles. The summed E-state index contributed by atoms with van der Waals surface area (Å²) in [6.45, 7) is 1.78. The number of rotatable bonds is 5. The summed E-state index contributed by atoms with van der Waals surface area (Å²) in [5.74, 6) is -0.624. The minimum absolute atomic E-state index is 0.117. The summed E-state index contributed by atoms with van der Waals surface area (Å²) in [5.41, 5.74) is 0.751. The average molecular weight is 282 g/mol. The second kappa shape index (κ2) is 6.31. The van der Waals surface area contributed by atoms with Crippen LogP contribution in [0.1, 0.15) is 28.8 Å². The molecular weight excluding hydrogens is 268 g/mol. The smallest absolute Gasteiger partial charge is 0.338 e. The van der Waals surface area contributed by atoms with Gasteiger partial charge in [-0.25, -0.2) is 18.4 Å². The van der Waals surface area contributed by atoms with Gasteiger partial charge in [0.25, 0.3) is 0 Å². The standard InChI is InChI=1S/C12H14N2O4S/c1-9-4-5-10(19(14,16)17)8-11(9)12(15)18-7-3-2-6-13/h4-5,8H,2-3,7H2,1H3,(H2,14,16,17). The number of hydrogen-bond acceptors (Lipinski definition) is 5. The molecule has 6 nitrogen and oxygen atoms in total. The van der Waals surface area contributed by atoms with Crippen molar-refractivity contribution in [1.82, 2.24) is 0 Å². The largest absolute Gasteiger partial charge is 0.462 e. The molecule has 1 aromatic rings. The molecule has 0 aliphatic rings. The van der Waals surface area contributed by atoms with Gasteiger partial charge in [0, 0.05) is 6.42 Å². The van der Waals surface area contributed by atoms with Gasteiger partial charge in [-0.2, -0.15) is 5.26 Å². The molecule has 0 aromatic heterocycles. The Bertz CT molecular complexity index is 617. The Morgan fingerprint density at radius 1 is 1.47 bits per heavy atom. The number of hydrogen-bond donors (Lipinski definition) is 1. The predicted molar refractivity (Wildman–Crippen MR) is 67.7 cm³/mol. The summed E-state index contributed by atoms with van der Waals surface area (Å²) in [4.78, 5) is 11.6. The molecule has 0 spiro atoms. The zero-order valence-corrected chi connectivity index (χ0v) is 11.2. The van der Waals surface area contributed by atoms with E-state index in [0.717, 1.165) is 0 Å². The van der Waals surface area contributed by atoms with Crippen molar-refractivity contribution in [2.75, 3.05) is 6.61 Å². The maximum absolute atomic E-state index is 11.8. The molecule has 0 aliphatic carbocycles. The summed E-state index contributed by atoms with van der Waals surface area (Å²) in [5, 5.41) is 13.3. The van der Waals surface area contributed by atoms with Crippen LogP contribution in [0.4, 0.5) is 0 Å². The van der Waals surface area contributed by atoms with Crippen LogP contribution in [0, 0.1) is 18.3 Å². The zero-order valence-electron chi connectivity index (χ0n) is 10.4. The number of esters is 1. The van der Waals surface area contributed by atoms with Crippen molar-refractivity contribution < 1.29 is 17.9 Å². The van der Waals surface area contributed by atoms with Gasteiger partial charge in [0.2, 0.25) is 10.0 Å².